The maximum absolute atomic E-state index is 12.2. The monoisotopic (exact) mass is 358 g/mol. The van der Waals surface area contributed by atoms with Crippen LogP contribution in [-0.2, 0) is 21.2 Å². The molecule has 3 N–H and O–H groups in total. The van der Waals surface area contributed by atoms with Gasteiger partial charge in [0.1, 0.15) is 0 Å². The van der Waals surface area contributed by atoms with E-state index in [0.717, 1.165) is 16.5 Å². The lowest BCUT2D eigenvalue weighted by Crippen LogP contribution is -2.18. The Kier molecular flexibility index (Phi) is 4.82. The van der Waals surface area contributed by atoms with Crippen LogP contribution < -0.4 is 10.0 Å². The summed E-state index contributed by atoms with van der Waals surface area (Å²) in [7, 11) is -2.07. The molecule has 3 rings (SSSR count). The smallest absolute Gasteiger partial charge is 0.240 e. The topological polar surface area (TPSA) is 104 Å². The second-order valence-electron chi connectivity index (χ2n) is 5.54. The molecule has 0 spiro atoms. The van der Waals surface area contributed by atoms with Crippen molar-refractivity contribution in [3.63, 3.8) is 0 Å². The predicted molar refractivity (Wildman–Crippen MR) is 95.7 cm³/mol. The highest BCUT2D eigenvalue weighted by atomic mass is 32.2. The Morgan fingerprint density at radius 3 is 2.64 bits per heavy atom. The quantitative estimate of drug-likeness (QED) is 0.627. The van der Waals surface area contributed by atoms with Gasteiger partial charge in [-0.2, -0.15) is 5.10 Å². The van der Waals surface area contributed by atoms with Crippen molar-refractivity contribution in [2.24, 2.45) is 0 Å². The van der Waals surface area contributed by atoms with Crippen molar-refractivity contribution in [3.8, 4) is 0 Å². The van der Waals surface area contributed by atoms with Crippen molar-refractivity contribution in [1.29, 1.82) is 0 Å². The van der Waals surface area contributed by atoms with Gasteiger partial charge in [0, 0.05) is 11.8 Å². The van der Waals surface area contributed by atoms with Crippen molar-refractivity contribution in [2.45, 2.75) is 17.7 Å². The summed E-state index contributed by atoms with van der Waals surface area (Å²) in [6.07, 6.45) is 2.51. The number of benzene rings is 2. The van der Waals surface area contributed by atoms with Crippen molar-refractivity contribution >= 4 is 32.5 Å². The SMILES string of the molecule is CNS(=O)(=O)c1ccc(CCC(=O)Nc2cccc3cn[nH]c23)cc1. The Morgan fingerprint density at radius 2 is 1.92 bits per heavy atom. The van der Waals surface area contributed by atoms with Crippen LogP contribution in [0.5, 0.6) is 0 Å². The van der Waals surface area contributed by atoms with Gasteiger partial charge in [-0.05, 0) is 37.2 Å². The highest BCUT2D eigenvalue weighted by Gasteiger charge is 2.11. The molecule has 1 amide bonds. The van der Waals surface area contributed by atoms with Gasteiger partial charge in [-0.15, -0.1) is 0 Å². The zero-order valence-electron chi connectivity index (χ0n) is 13.6. The minimum absolute atomic E-state index is 0.117. The minimum Gasteiger partial charge on any atom is -0.324 e. The molecule has 7 nitrogen and oxygen atoms in total. The van der Waals surface area contributed by atoms with E-state index in [2.05, 4.69) is 20.2 Å². The van der Waals surface area contributed by atoms with E-state index < -0.39 is 10.0 Å². The number of fused-ring (bicyclic) bond motifs is 1. The van der Waals surface area contributed by atoms with Crippen LogP contribution >= 0.6 is 0 Å². The second-order valence-corrected chi connectivity index (χ2v) is 7.43. The van der Waals surface area contributed by atoms with Crippen molar-refractivity contribution in [1.82, 2.24) is 14.9 Å². The summed E-state index contributed by atoms with van der Waals surface area (Å²) >= 11 is 0. The molecule has 0 aliphatic carbocycles. The largest absolute Gasteiger partial charge is 0.324 e. The van der Waals surface area contributed by atoms with Gasteiger partial charge in [-0.3, -0.25) is 9.89 Å². The van der Waals surface area contributed by atoms with Crippen LogP contribution in [0, 0.1) is 0 Å². The van der Waals surface area contributed by atoms with Gasteiger partial charge in [-0.25, -0.2) is 13.1 Å². The summed E-state index contributed by atoms with van der Waals surface area (Å²) in [5.41, 5.74) is 2.37. The molecular formula is C17H18N4O3S. The van der Waals surface area contributed by atoms with Gasteiger partial charge >= 0.3 is 0 Å². The number of aromatic nitrogens is 2. The number of aryl methyl sites for hydroxylation is 1. The van der Waals surface area contributed by atoms with E-state index >= 15 is 0 Å². The molecule has 0 aliphatic rings. The van der Waals surface area contributed by atoms with E-state index in [1.165, 1.54) is 19.2 Å². The lowest BCUT2D eigenvalue weighted by Gasteiger charge is -2.07. The number of carbonyl (C=O) groups is 1. The molecule has 8 heteroatoms. The van der Waals surface area contributed by atoms with E-state index in [0.29, 0.717) is 18.5 Å². The Labute approximate surface area is 145 Å². The van der Waals surface area contributed by atoms with Crippen LogP contribution in [0.25, 0.3) is 10.9 Å². The van der Waals surface area contributed by atoms with Gasteiger partial charge in [0.15, 0.2) is 0 Å². The summed E-state index contributed by atoms with van der Waals surface area (Å²) in [5.74, 6) is -0.117. The molecule has 25 heavy (non-hydrogen) atoms. The van der Waals surface area contributed by atoms with Gasteiger partial charge in [0.25, 0.3) is 0 Å². The molecule has 0 aliphatic heterocycles. The van der Waals surface area contributed by atoms with Crippen molar-refractivity contribution in [3.05, 3.63) is 54.2 Å². The Balaban J connectivity index is 1.62. The Hall–Kier alpha value is -2.71. The van der Waals surface area contributed by atoms with E-state index in [-0.39, 0.29) is 10.8 Å². The van der Waals surface area contributed by atoms with Crippen LogP contribution in [-0.4, -0.2) is 31.6 Å². The fraction of sp³-hybridized carbons (Fsp3) is 0.176. The van der Waals surface area contributed by atoms with Gasteiger partial charge in [-0.1, -0.05) is 24.3 Å². The predicted octanol–water partition coefficient (Wildman–Crippen LogP) is 2.04. The third-order valence-electron chi connectivity index (χ3n) is 3.89. The first-order valence-corrected chi connectivity index (χ1v) is 9.22. The van der Waals surface area contributed by atoms with E-state index in [9.17, 15) is 13.2 Å². The molecule has 3 aromatic rings. The first-order chi connectivity index (χ1) is 12.0. The number of amides is 1. The van der Waals surface area contributed by atoms with Gasteiger partial charge in [0.2, 0.25) is 15.9 Å². The third-order valence-corrected chi connectivity index (χ3v) is 5.32. The van der Waals surface area contributed by atoms with Crippen LogP contribution in [0.4, 0.5) is 5.69 Å². The molecular weight excluding hydrogens is 340 g/mol. The summed E-state index contributed by atoms with van der Waals surface area (Å²) in [4.78, 5) is 12.4. The second kappa shape index (κ2) is 7.04. The molecule has 1 aromatic heterocycles. The number of anilines is 1. The number of sulfonamides is 1. The van der Waals surface area contributed by atoms with Crippen molar-refractivity contribution in [2.75, 3.05) is 12.4 Å². The van der Waals surface area contributed by atoms with E-state index in [4.69, 9.17) is 0 Å². The molecule has 0 unspecified atom stereocenters. The molecule has 0 atom stereocenters. The number of nitrogens with zero attached hydrogens (tertiary/aromatic N) is 1. The number of carbonyl (C=O) groups excluding carboxylic acids is 1. The zero-order valence-corrected chi connectivity index (χ0v) is 14.4. The van der Waals surface area contributed by atoms with Gasteiger partial charge in [0.05, 0.1) is 22.3 Å². The Morgan fingerprint density at radius 1 is 1.16 bits per heavy atom. The first kappa shape index (κ1) is 17.1. The number of rotatable bonds is 6. The zero-order chi connectivity index (χ0) is 17.9. The van der Waals surface area contributed by atoms with Crippen LogP contribution in [0.2, 0.25) is 0 Å². The summed E-state index contributed by atoms with van der Waals surface area (Å²) in [5, 5.41) is 10.6. The molecule has 0 bridgehead atoms. The minimum atomic E-state index is -3.44. The summed E-state index contributed by atoms with van der Waals surface area (Å²) in [6.45, 7) is 0. The van der Waals surface area contributed by atoms with Crippen LogP contribution in [0.1, 0.15) is 12.0 Å². The number of H-pyrrole nitrogens is 1. The number of hydrogen-bond acceptors (Lipinski definition) is 4. The molecule has 0 saturated heterocycles. The highest BCUT2D eigenvalue weighted by molar-refractivity contribution is 7.89. The summed E-state index contributed by atoms with van der Waals surface area (Å²) < 4.78 is 25.6. The first-order valence-electron chi connectivity index (χ1n) is 7.74. The number of nitrogens with one attached hydrogen (secondary N) is 3. The molecule has 0 radical (unpaired) electrons. The maximum atomic E-state index is 12.2. The molecule has 0 fully saturated rings. The fourth-order valence-corrected chi connectivity index (χ4v) is 3.23. The fourth-order valence-electron chi connectivity index (χ4n) is 2.50. The average molecular weight is 358 g/mol. The number of aromatic amines is 1. The normalized spacial score (nSPS) is 11.6. The van der Waals surface area contributed by atoms with E-state index in [1.54, 1.807) is 18.3 Å². The highest BCUT2D eigenvalue weighted by Crippen LogP contribution is 2.20. The Bertz CT molecular complexity index is 994. The van der Waals surface area contributed by atoms with Crippen LogP contribution in [0.15, 0.2) is 53.6 Å². The summed E-state index contributed by atoms with van der Waals surface area (Å²) in [6, 6.07) is 12.1. The average Bonchev–Trinajstić information content (AvgIpc) is 3.10. The number of hydrogen-bond donors (Lipinski definition) is 3. The van der Waals surface area contributed by atoms with E-state index in [1.807, 2.05) is 18.2 Å². The molecule has 1 heterocycles. The van der Waals surface area contributed by atoms with Crippen molar-refractivity contribution < 1.29 is 13.2 Å². The standard InChI is InChI=1S/C17H18N4O3S/c1-18-25(23,24)14-8-5-12(6-9-14)7-10-16(22)20-15-4-2-3-13-11-19-21-17(13)15/h2-6,8-9,11,18H,7,10H2,1H3,(H,19,21)(H,20,22). The molecule has 2 aromatic carbocycles. The van der Waals surface area contributed by atoms with Gasteiger partial charge < -0.3 is 5.32 Å². The molecule has 0 saturated carbocycles. The maximum Gasteiger partial charge on any atom is 0.240 e. The lowest BCUT2D eigenvalue weighted by atomic mass is 10.1. The lowest BCUT2D eigenvalue weighted by molar-refractivity contribution is -0.116. The molecule has 130 valence electrons. The third kappa shape index (κ3) is 3.86. The van der Waals surface area contributed by atoms with Crippen LogP contribution in [0.3, 0.4) is 0 Å². The number of para-hydroxylation sites is 1.